The van der Waals surface area contributed by atoms with Crippen molar-refractivity contribution < 1.29 is 17.9 Å². The molecule has 1 N–H and O–H groups in total. The summed E-state index contributed by atoms with van der Waals surface area (Å²) in [6.07, 6.45) is -1.65. The Bertz CT molecular complexity index is 596. The van der Waals surface area contributed by atoms with Crippen LogP contribution >= 0.6 is 0 Å². The van der Waals surface area contributed by atoms with Crippen LogP contribution in [0.2, 0.25) is 0 Å². The lowest BCUT2D eigenvalue weighted by molar-refractivity contribution is -0.137. The molecule has 0 spiro atoms. The van der Waals surface area contributed by atoms with Crippen molar-refractivity contribution in [1.82, 2.24) is 19.7 Å². The number of ether oxygens (including phenoxy) is 1. The van der Waals surface area contributed by atoms with Gasteiger partial charge >= 0.3 is 6.18 Å². The molecule has 0 aliphatic heterocycles. The minimum Gasteiger partial charge on any atom is -0.490 e. The van der Waals surface area contributed by atoms with Crippen LogP contribution < -0.4 is 10.1 Å². The molecule has 2 heterocycles. The monoisotopic (exact) mass is 287 g/mol. The van der Waals surface area contributed by atoms with Gasteiger partial charge in [-0.25, -0.2) is 14.6 Å². The summed E-state index contributed by atoms with van der Waals surface area (Å²) in [6, 6.07) is 0. The highest BCUT2D eigenvalue weighted by atomic mass is 19.4. The van der Waals surface area contributed by atoms with Gasteiger partial charge in [0.05, 0.1) is 18.9 Å². The van der Waals surface area contributed by atoms with Gasteiger partial charge in [-0.05, 0) is 6.92 Å². The van der Waals surface area contributed by atoms with Crippen LogP contribution in [0.5, 0.6) is 5.75 Å². The van der Waals surface area contributed by atoms with E-state index in [1.54, 1.807) is 0 Å². The molecule has 0 aromatic carbocycles. The standard InChI is InChI=1S/C11H12F3N5O/c1-3-15-9-8(20-2)10(17-6-16-9)19-5-7(4-18-19)11(12,13)14/h4-6H,3H2,1-2H3,(H,15,16,17). The van der Waals surface area contributed by atoms with Gasteiger partial charge in [-0.15, -0.1) is 0 Å². The Morgan fingerprint density at radius 3 is 2.65 bits per heavy atom. The van der Waals surface area contributed by atoms with Gasteiger partial charge in [-0.3, -0.25) is 0 Å². The van der Waals surface area contributed by atoms with Crippen LogP contribution in [0.1, 0.15) is 12.5 Å². The fourth-order valence-corrected chi connectivity index (χ4v) is 1.59. The van der Waals surface area contributed by atoms with Gasteiger partial charge in [-0.2, -0.15) is 18.3 Å². The maximum Gasteiger partial charge on any atom is 0.419 e. The fraction of sp³-hybridized carbons (Fsp3) is 0.364. The molecule has 0 radical (unpaired) electrons. The number of nitrogens with one attached hydrogen (secondary N) is 1. The number of anilines is 1. The van der Waals surface area contributed by atoms with Gasteiger partial charge in [-0.1, -0.05) is 0 Å². The molecule has 20 heavy (non-hydrogen) atoms. The van der Waals surface area contributed by atoms with E-state index in [0.717, 1.165) is 17.1 Å². The molecular weight excluding hydrogens is 275 g/mol. The van der Waals surface area contributed by atoms with Crippen molar-refractivity contribution >= 4 is 5.82 Å². The zero-order valence-electron chi connectivity index (χ0n) is 10.8. The Labute approximate surface area is 112 Å². The summed E-state index contributed by atoms with van der Waals surface area (Å²) in [7, 11) is 1.39. The van der Waals surface area contributed by atoms with Crippen LogP contribution in [0.3, 0.4) is 0 Å². The van der Waals surface area contributed by atoms with Crippen LogP contribution in [0.15, 0.2) is 18.7 Å². The molecular formula is C11H12F3N5O. The highest BCUT2D eigenvalue weighted by molar-refractivity contribution is 5.57. The van der Waals surface area contributed by atoms with Crippen molar-refractivity contribution in [2.24, 2.45) is 0 Å². The molecule has 0 aliphatic rings. The fourth-order valence-electron chi connectivity index (χ4n) is 1.59. The average molecular weight is 287 g/mol. The summed E-state index contributed by atoms with van der Waals surface area (Å²) < 4.78 is 43.9. The first-order valence-electron chi connectivity index (χ1n) is 5.72. The van der Waals surface area contributed by atoms with Crippen molar-refractivity contribution in [2.45, 2.75) is 13.1 Å². The zero-order valence-corrected chi connectivity index (χ0v) is 10.8. The third-order valence-electron chi connectivity index (χ3n) is 2.46. The number of halogens is 3. The molecule has 0 amide bonds. The van der Waals surface area contributed by atoms with Gasteiger partial charge in [0.1, 0.15) is 6.33 Å². The van der Waals surface area contributed by atoms with Crippen LogP contribution in [0.4, 0.5) is 19.0 Å². The third kappa shape index (κ3) is 2.65. The summed E-state index contributed by atoms with van der Waals surface area (Å²) in [4.78, 5) is 7.89. The minimum atomic E-state index is -4.46. The number of nitrogens with zero attached hydrogens (tertiary/aromatic N) is 4. The summed E-state index contributed by atoms with van der Waals surface area (Å²) in [5, 5.41) is 6.60. The Morgan fingerprint density at radius 2 is 2.10 bits per heavy atom. The molecule has 0 saturated carbocycles. The number of methoxy groups -OCH3 is 1. The first kappa shape index (κ1) is 14.1. The van der Waals surface area contributed by atoms with Crippen molar-refractivity contribution in [3.8, 4) is 11.6 Å². The molecule has 0 bridgehead atoms. The highest BCUT2D eigenvalue weighted by Gasteiger charge is 2.32. The van der Waals surface area contributed by atoms with Gasteiger partial charge in [0.2, 0.25) is 11.6 Å². The summed E-state index contributed by atoms with van der Waals surface area (Å²) in [5.74, 6) is 0.754. The molecule has 9 heteroatoms. The predicted molar refractivity (Wildman–Crippen MR) is 64.9 cm³/mol. The molecule has 2 rings (SSSR count). The van der Waals surface area contributed by atoms with Crippen molar-refractivity contribution in [3.05, 3.63) is 24.3 Å². The summed E-state index contributed by atoms with van der Waals surface area (Å²) >= 11 is 0. The lowest BCUT2D eigenvalue weighted by Crippen LogP contribution is -2.08. The topological polar surface area (TPSA) is 64.9 Å². The largest absolute Gasteiger partial charge is 0.490 e. The molecule has 0 aliphatic carbocycles. The Morgan fingerprint density at radius 1 is 1.35 bits per heavy atom. The second kappa shape index (κ2) is 5.35. The van der Waals surface area contributed by atoms with E-state index in [1.807, 2.05) is 6.92 Å². The zero-order chi connectivity index (χ0) is 14.8. The van der Waals surface area contributed by atoms with E-state index in [-0.39, 0.29) is 11.6 Å². The minimum absolute atomic E-state index is 0.133. The second-order valence-electron chi connectivity index (χ2n) is 3.78. The molecule has 2 aromatic rings. The van der Waals surface area contributed by atoms with E-state index in [9.17, 15) is 13.2 Å². The molecule has 0 fully saturated rings. The van der Waals surface area contributed by atoms with E-state index in [0.29, 0.717) is 12.4 Å². The lowest BCUT2D eigenvalue weighted by Gasteiger charge is -2.11. The summed E-state index contributed by atoms with van der Waals surface area (Å²) in [6.45, 7) is 2.44. The smallest absolute Gasteiger partial charge is 0.419 e. The first-order valence-corrected chi connectivity index (χ1v) is 5.72. The molecule has 6 nitrogen and oxygen atoms in total. The predicted octanol–water partition coefficient (Wildman–Crippen LogP) is 2.12. The van der Waals surface area contributed by atoms with E-state index in [4.69, 9.17) is 4.74 Å². The third-order valence-corrected chi connectivity index (χ3v) is 2.46. The van der Waals surface area contributed by atoms with Crippen molar-refractivity contribution in [1.29, 1.82) is 0 Å². The van der Waals surface area contributed by atoms with E-state index in [1.165, 1.54) is 13.4 Å². The highest BCUT2D eigenvalue weighted by Crippen LogP contribution is 2.31. The van der Waals surface area contributed by atoms with E-state index in [2.05, 4.69) is 20.4 Å². The quantitative estimate of drug-likeness (QED) is 0.933. The maximum atomic E-state index is 12.6. The maximum absolute atomic E-state index is 12.6. The van der Waals surface area contributed by atoms with Crippen LogP contribution in [0.25, 0.3) is 5.82 Å². The van der Waals surface area contributed by atoms with Crippen LogP contribution in [0, 0.1) is 0 Å². The Kier molecular flexibility index (Phi) is 3.77. The van der Waals surface area contributed by atoms with Crippen molar-refractivity contribution in [3.63, 3.8) is 0 Å². The normalized spacial score (nSPS) is 11.4. The van der Waals surface area contributed by atoms with E-state index < -0.39 is 11.7 Å². The van der Waals surface area contributed by atoms with Gasteiger partial charge in [0.15, 0.2) is 5.82 Å². The number of hydrogen-bond donors (Lipinski definition) is 1. The number of alkyl halides is 3. The Balaban J connectivity index is 2.47. The lowest BCUT2D eigenvalue weighted by atomic mass is 10.3. The number of rotatable bonds is 4. The molecule has 0 unspecified atom stereocenters. The SMILES string of the molecule is CCNc1ncnc(-n2cc(C(F)(F)F)cn2)c1OC. The molecule has 0 saturated heterocycles. The number of aromatic nitrogens is 4. The summed E-state index contributed by atoms with van der Waals surface area (Å²) in [5.41, 5.74) is -0.858. The van der Waals surface area contributed by atoms with Crippen molar-refractivity contribution in [2.75, 3.05) is 19.0 Å². The van der Waals surface area contributed by atoms with Crippen LogP contribution in [-0.4, -0.2) is 33.4 Å². The van der Waals surface area contributed by atoms with Gasteiger partial charge in [0.25, 0.3) is 0 Å². The first-order chi connectivity index (χ1) is 9.47. The van der Waals surface area contributed by atoms with Gasteiger partial charge < -0.3 is 10.1 Å². The molecule has 2 aromatic heterocycles. The van der Waals surface area contributed by atoms with Crippen LogP contribution in [-0.2, 0) is 6.18 Å². The average Bonchev–Trinajstić information content (AvgIpc) is 2.88. The van der Waals surface area contributed by atoms with E-state index >= 15 is 0 Å². The second-order valence-corrected chi connectivity index (χ2v) is 3.78. The molecule has 0 atom stereocenters. The Hall–Kier alpha value is -2.32. The number of hydrogen-bond acceptors (Lipinski definition) is 5. The molecule has 108 valence electrons. The van der Waals surface area contributed by atoms with Gasteiger partial charge in [0, 0.05) is 12.7 Å².